The van der Waals surface area contributed by atoms with Crippen molar-refractivity contribution in [2.45, 2.75) is 25.6 Å². The molecule has 0 bridgehead atoms. The second-order valence-electron chi connectivity index (χ2n) is 6.63. The summed E-state index contributed by atoms with van der Waals surface area (Å²) < 4.78 is 0. The van der Waals surface area contributed by atoms with Crippen molar-refractivity contribution in [3.05, 3.63) is 107 Å². The molecule has 0 aromatic heterocycles. The monoisotopic (exact) mass is 326 g/mol. The largest absolute Gasteiger partial charge is 0.349 e. The van der Waals surface area contributed by atoms with Crippen LogP contribution < -0.4 is 0 Å². The van der Waals surface area contributed by atoms with Gasteiger partial charge < -0.3 is 4.90 Å². The molecule has 2 heteroatoms. The molecule has 124 valence electrons. The van der Waals surface area contributed by atoms with E-state index in [0.29, 0.717) is 0 Å². The molecule has 25 heavy (non-hydrogen) atoms. The van der Waals surface area contributed by atoms with Crippen molar-refractivity contribution < 1.29 is 0 Å². The van der Waals surface area contributed by atoms with E-state index in [0.717, 1.165) is 6.54 Å². The second-order valence-corrected chi connectivity index (χ2v) is 6.63. The highest BCUT2D eigenvalue weighted by atomic mass is 15.2. The molecule has 2 unspecified atom stereocenters. The van der Waals surface area contributed by atoms with Crippen molar-refractivity contribution >= 4 is 6.34 Å². The highest BCUT2D eigenvalue weighted by molar-refractivity contribution is 5.61. The van der Waals surface area contributed by atoms with E-state index >= 15 is 0 Å². The van der Waals surface area contributed by atoms with E-state index in [4.69, 9.17) is 4.99 Å². The van der Waals surface area contributed by atoms with Crippen LogP contribution in [0.4, 0.5) is 0 Å². The Morgan fingerprint density at radius 1 is 0.760 bits per heavy atom. The van der Waals surface area contributed by atoms with Crippen molar-refractivity contribution in [1.29, 1.82) is 0 Å². The number of rotatable bonds is 4. The van der Waals surface area contributed by atoms with Gasteiger partial charge in [0.25, 0.3) is 0 Å². The van der Waals surface area contributed by atoms with Crippen LogP contribution in [0.2, 0.25) is 0 Å². The van der Waals surface area contributed by atoms with E-state index < -0.39 is 0 Å². The molecule has 3 aromatic carbocycles. The SMILES string of the molecule is Cc1ccc(CN2C=NC(c3ccccc3)C2c2ccccc2)cc1. The molecule has 0 N–H and O–H groups in total. The molecule has 0 saturated heterocycles. The van der Waals surface area contributed by atoms with Crippen molar-refractivity contribution in [1.82, 2.24) is 4.90 Å². The Labute approximate surface area is 149 Å². The van der Waals surface area contributed by atoms with Crippen LogP contribution in [-0.4, -0.2) is 11.2 Å². The first-order valence-electron chi connectivity index (χ1n) is 8.76. The third-order valence-electron chi connectivity index (χ3n) is 4.80. The number of aliphatic imine (C=N–C) groups is 1. The Hall–Kier alpha value is -2.87. The lowest BCUT2D eigenvalue weighted by Gasteiger charge is -2.29. The minimum Gasteiger partial charge on any atom is -0.349 e. The van der Waals surface area contributed by atoms with Crippen LogP contribution in [0, 0.1) is 6.92 Å². The zero-order valence-electron chi connectivity index (χ0n) is 14.4. The molecule has 1 aliphatic heterocycles. The quantitative estimate of drug-likeness (QED) is 0.633. The smallest absolute Gasteiger partial charge is 0.101 e. The minimum absolute atomic E-state index is 0.133. The number of hydrogen-bond acceptors (Lipinski definition) is 2. The van der Waals surface area contributed by atoms with Gasteiger partial charge in [-0.15, -0.1) is 0 Å². The molecular formula is C23H22N2. The summed E-state index contributed by atoms with van der Waals surface area (Å²) in [5.74, 6) is 0. The molecule has 0 saturated carbocycles. The summed E-state index contributed by atoms with van der Waals surface area (Å²) in [6.07, 6.45) is 2.02. The zero-order valence-corrected chi connectivity index (χ0v) is 14.4. The standard InChI is InChI=1S/C23H22N2/c1-18-12-14-19(15-13-18)16-25-17-24-22(20-8-4-2-5-9-20)23(25)21-10-6-3-7-11-21/h2-15,17,22-23H,16H2,1H3. The molecule has 0 aliphatic carbocycles. The highest BCUT2D eigenvalue weighted by Gasteiger charge is 2.32. The topological polar surface area (TPSA) is 15.6 Å². The lowest BCUT2D eigenvalue weighted by Crippen LogP contribution is -2.25. The minimum atomic E-state index is 0.133. The van der Waals surface area contributed by atoms with Gasteiger partial charge in [0.2, 0.25) is 0 Å². The van der Waals surface area contributed by atoms with Crippen LogP contribution in [0.5, 0.6) is 0 Å². The van der Waals surface area contributed by atoms with E-state index in [1.807, 2.05) is 6.34 Å². The maximum Gasteiger partial charge on any atom is 0.101 e. The summed E-state index contributed by atoms with van der Waals surface area (Å²) in [7, 11) is 0. The number of hydrogen-bond donors (Lipinski definition) is 0. The molecule has 0 fully saturated rings. The molecule has 0 amide bonds. The lowest BCUT2D eigenvalue weighted by molar-refractivity contribution is 0.310. The Bertz CT molecular complexity index is 838. The average Bonchev–Trinajstić information content (AvgIpc) is 3.08. The van der Waals surface area contributed by atoms with Gasteiger partial charge in [0.05, 0.1) is 12.4 Å². The van der Waals surface area contributed by atoms with Gasteiger partial charge in [0, 0.05) is 6.54 Å². The summed E-state index contributed by atoms with van der Waals surface area (Å²) in [4.78, 5) is 7.22. The summed E-state index contributed by atoms with van der Waals surface area (Å²) >= 11 is 0. The fraction of sp³-hybridized carbons (Fsp3) is 0.174. The first-order valence-corrected chi connectivity index (χ1v) is 8.76. The van der Waals surface area contributed by atoms with Gasteiger partial charge in [0.15, 0.2) is 0 Å². The van der Waals surface area contributed by atoms with E-state index in [1.54, 1.807) is 0 Å². The molecule has 0 radical (unpaired) electrons. The van der Waals surface area contributed by atoms with Gasteiger partial charge in [0.1, 0.15) is 6.04 Å². The molecule has 4 rings (SSSR count). The van der Waals surface area contributed by atoms with E-state index in [1.165, 1.54) is 22.3 Å². The Morgan fingerprint density at radius 2 is 1.36 bits per heavy atom. The van der Waals surface area contributed by atoms with Crippen LogP contribution in [0.15, 0.2) is 89.9 Å². The van der Waals surface area contributed by atoms with Crippen molar-refractivity contribution in [3.63, 3.8) is 0 Å². The summed E-state index contributed by atoms with van der Waals surface area (Å²) in [6, 6.07) is 30.4. The van der Waals surface area contributed by atoms with E-state index in [-0.39, 0.29) is 12.1 Å². The molecule has 2 nitrogen and oxygen atoms in total. The maximum absolute atomic E-state index is 4.86. The molecular weight excluding hydrogens is 304 g/mol. The Balaban J connectivity index is 1.66. The second kappa shape index (κ2) is 6.94. The Morgan fingerprint density at radius 3 is 2.00 bits per heavy atom. The predicted molar refractivity (Wildman–Crippen MR) is 104 cm³/mol. The lowest BCUT2D eigenvalue weighted by atomic mass is 9.93. The van der Waals surface area contributed by atoms with Gasteiger partial charge in [-0.05, 0) is 23.6 Å². The molecule has 1 aliphatic rings. The average molecular weight is 326 g/mol. The fourth-order valence-corrected chi connectivity index (χ4v) is 3.48. The maximum atomic E-state index is 4.86. The van der Waals surface area contributed by atoms with Gasteiger partial charge >= 0.3 is 0 Å². The zero-order chi connectivity index (χ0) is 17.1. The van der Waals surface area contributed by atoms with Crippen molar-refractivity contribution in [3.8, 4) is 0 Å². The van der Waals surface area contributed by atoms with Gasteiger partial charge in [-0.25, -0.2) is 0 Å². The third kappa shape index (κ3) is 3.34. The van der Waals surface area contributed by atoms with Crippen LogP contribution in [0.3, 0.4) is 0 Å². The fourth-order valence-electron chi connectivity index (χ4n) is 3.48. The summed E-state index contributed by atoms with van der Waals surface area (Å²) in [5, 5.41) is 0. The number of nitrogens with zero attached hydrogens (tertiary/aromatic N) is 2. The van der Waals surface area contributed by atoms with Gasteiger partial charge in [-0.1, -0.05) is 90.5 Å². The molecule has 1 heterocycles. The molecule has 2 atom stereocenters. The normalized spacial score (nSPS) is 19.3. The first-order chi connectivity index (χ1) is 12.3. The van der Waals surface area contributed by atoms with Crippen LogP contribution in [0.25, 0.3) is 0 Å². The first kappa shape index (κ1) is 15.6. The van der Waals surface area contributed by atoms with E-state index in [2.05, 4.69) is 96.8 Å². The van der Waals surface area contributed by atoms with Crippen LogP contribution >= 0.6 is 0 Å². The van der Waals surface area contributed by atoms with Crippen LogP contribution in [0.1, 0.15) is 34.3 Å². The van der Waals surface area contributed by atoms with Gasteiger partial charge in [-0.3, -0.25) is 4.99 Å². The summed E-state index contributed by atoms with van der Waals surface area (Å²) in [5.41, 5.74) is 5.17. The molecule has 3 aromatic rings. The van der Waals surface area contributed by atoms with Crippen molar-refractivity contribution in [2.75, 3.05) is 0 Å². The number of aryl methyl sites for hydroxylation is 1. The third-order valence-corrected chi connectivity index (χ3v) is 4.80. The van der Waals surface area contributed by atoms with Crippen LogP contribution in [-0.2, 0) is 6.54 Å². The van der Waals surface area contributed by atoms with Crippen molar-refractivity contribution in [2.24, 2.45) is 4.99 Å². The number of benzene rings is 3. The van der Waals surface area contributed by atoms with E-state index in [9.17, 15) is 0 Å². The summed E-state index contributed by atoms with van der Waals surface area (Å²) in [6.45, 7) is 2.99. The highest BCUT2D eigenvalue weighted by Crippen LogP contribution is 2.40. The molecule has 0 spiro atoms. The van der Waals surface area contributed by atoms with Gasteiger partial charge in [-0.2, -0.15) is 0 Å². The Kier molecular flexibility index (Phi) is 4.34. The predicted octanol–water partition coefficient (Wildman–Crippen LogP) is 5.32.